The summed E-state index contributed by atoms with van der Waals surface area (Å²) in [5, 5.41) is 5.61. The summed E-state index contributed by atoms with van der Waals surface area (Å²) in [6, 6.07) is 9.11. The van der Waals surface area contributed by atoms with E-state index >= 15 is 0 Å². The van der Waals surface area contributed by atoms with Crippen LogP contribution in [0.4, 0.5) is 5.69 Å². The number of carbonyl (C=O) groups is 3. The van der Waals surface area contributed by atoms with Crippen molar-refractivity contribution in [2.45, 2.75) is 129 Å². The molecule has 1 aromatic carbocycles. The van der Waals surface area contributed by atoms with E-state index in [1.165, 1.54) is 94.9 Å². The topological polar surface area (TPSA) is 70.1 Å². The number of imide groups is 1. The molecule has 3 rings (SSSR count). The fourth-order valence-electron chi connectivity index (χ4n) is 5.44. The van der Waals surface area contributed by atoms with Crippen molar-refractivity contribution in [2.24, 2.45) is 11.0 Å². The van der Waals surface area contributed by atoms with Gasteiger partial charge in [-0.2, -0.15) is 10.1 Å². The SMILES string of the molecule is CCCCCCCCCCCCCCCCCCC1CC(=O)N(C2=NN(c3ccccc3)C(=O)C2)C1=O. The summed E-state index contributed by atoms with van der Waals surface area (Å²) in [4.78, 5) is 39.1. The Bertz CT molecular complexity index is 883. The van der Waals surface area contributed by atoms with Gasteiger partial charge in [0.2, 0.25) is 11.8 Å². The number of amides is 3. The maximum atomic E-state index is 12.9. The van der Waals surface area contributed by atoms with Gasteiger partial charge in [-0.15, -0.1) is 0 Å². The summed E-state index contributed by atoms with van der Waals surface area (Å²) in [6.45, 7) is 2.27. The number of hydrogen-bond donors (Lipinski definition) is 0. The molecule has 1 saturated heterocycles. The number of para-hydroxylation sites is 1. The molecule has 1 atom stereocenters. The Morgan fingerprint density at radius 3 is 1.76 bits per heavy atom. The minimum atomic E-state index is -0.275. The van der Waals surface area contributed by atoms with Gasteiger partial charge in [-0.05, 0) is 18.6 Å². The highest BCUT2D eigenvalue weighted by Gasteiger charge is 2.43. The van der Waals surface area contributed by atoms with Gasteiger partial charge in [0.15, 0.2) is 0 Å². The number of hydrazone groups is 1. The monoisotopic (exact) mass is 509 g/mol. The number of benzene rings is 1. The zero-order valence-corrected chi connectivity index (χ0v) is 23.0. The largest absolute Gasteiger partial charge is 0.274 e. The fourth-order valence-corrected chi connectivity index (χ4v) is 5.44. The van der Waals surface area contributed by atoms with Crippen LogP contribution in [0.25, 0.3) is 0 Å². The van der Waals surface area contributed by atoms with Gasteiger partial charge in [-0.1, -0.05) is 128 Å². The van der Waals surface area contributed by atoms with Crippen molar-refractivity contribution in [3.63, 3.8) is 0 Å². The van der Waals surface area contributed by atoms with Gasteiger partial charge in [0, 0.05) is 12.3 Å². The van der Waals surface area contributed by atoms with Crippen LogP contribution in [0, 0.1) is 5.92 Å². The van der Waals surface area contributed by atoms with Gasteiger partial charge in [-0.25, -0.2) is 4.90 Å². The summed E-state index contributed by atoms with van der Waals surface area (Å²) in [7, 11) is 0. The molecule has 0 radical (unpaired) electrons. The van der Waals surface area contributed by atoms with E-state index in [0.717, 1.165) is 24.2 Å². The van der Waals surface area contributed by atoms with Crippen LogP contribution in [0.15, 0.2) is 35.4 Å². The van der Waals surface area contributed by atoms with Crippen LogP contribution in [0.1, 0.15) is 129 Å². The van der Waals surface area contributed by atoms with Gasteiger partial charge in [-0.3, -0.25) is 14.4 Å². The first-order chi connectivity index (χ1) is 18.1. The molecule has 2 heterocycles. The molecule has 3 amide bonds. The van der Waals surface area contributed by atoms with Crippen LogP contribution in [0.5, 0.6) is 0 Å². The lowest BCUT2D eigenvalue weighted by Crippen LogP contribution is -2.36. The Balaban J connectivity index is 1.23. The molecular formula is C31H47N3O3. The van der Waals surface area contributed by atoms with Crippen molar-refractivity contribution in [1.29, 1.82) is 0 Å². The molecule has 2 aliphatic heterocycles. The van der Waals surface area contributed by atoms with Crippen LogP contribution in [-0.4, -0.2) is 28.5 Å². The zero-order valence-electron chi connectivity index (χ0n) is 23.0. The molecule has 0 aromatic heterocycles. The molecule has 6 nitrogen and oxygen atoms in total. The Morgan fingerprint density at radius 1 is 0.703 bits per heavy atom. The number of likely N-dealkylation sites (tertiary alicyclic amines) is 1. The maximum absolute atomic E-state index is 12.9. The number of amidine groups is 1. The second-order valence-corrected chi connectivity index (χ2v) is 10.8. The summed E-state index contributed by atoms with van der Waals surface area (Å²) in [5.41, 5.74) is 0.645. The number of carbonyl (C=O) groups excluding carboxylic acids is 3. The predicted octanol–water partition coefficient (Wildman–Crippen LogP) is 7.76. The van der Waals surface area contributed by atoms with E-state index in [2.05, 4.69) is 12.0 Å². The van der Waals surface area contributed by atoms with Crippen LogP contribution < -0.4 is 5.01 Å². The molecular weight excluding hydrogens is 462 g/mol. The van der Waals surface area contributed by atoms with E-state index in [0.29, 0.717) is 5.69 Å². The minimum absolute atomic E-state index is 0.0157. The number of unbranched alkanes of at least 4 members (excludes halogenated alkanes) is 15. The fraction of sp³-hybridized carbons (Fsp3) is 0.677. The molecule has 0 bridgehead atoms. The summed E-state index contributed by atoms with van der Waals surface area (Å²) in [6.07, 6.45) is 22.0. The van der Waals surface area contributed by atoms with Crippen molar-refractivity contribution >= 4 is 29.2 Å². The van der Waals surface area contributed by atoms with Gasteiger partial charge in [0.05, 0.1) is 12.1 Å². The second-order valence-electron chi connectivity index (χ2n) is 10.8. The van der Waals surface area contributed by atoms with Gasteiger partial charge in [0.25, 0.3) is 5.91 Å². The van der Waals surface area contributed by atoms with Crippen LogP contribution in [0.2, 0.25) is 0 Å². The second kappa shape index (κ2) is 16.4. The first kappa shape index (κ1) is 29.1. The predicted molar refractivity (Wildman–Crippen MR) is 150 cm³/mol. The molecule has 1 fully saturated rings. The van der Waals surface area contributed by atoms with Crippen molar-refractivity contribution in [1.82, 2.24) is 4.90 Å². The summed E-state index contributed by atoms with van der Waals surface area (Å²) in [5.74, 6) is -0.649. The van der Waals surface area contributed by atoms with Crippen LogP contribution in [-0.2, 0) is 14.4 Å². The van der Waals surface area contributed by atoms with Crippen LogP contribution in [0.3, 0.4) is 0 Å². The van der Waals surface area contributed by atoms with Crippen LogP contribution >= 0.6 is 0 Å². The van der Waals surface area contributed by atoms with Crippen molar-refractivity contribution in [2.75, 3.05) is 5.01 Å². The van der Waals surface area contributed by atoms with E-state index < -0.39 is 0 Å². The molecule has 0 spiro atoms. The van der Waals surface area contributed by atoms with Crippen molar-refractivity contribution < 1.29 is 14.4 Å². The average molecular weight is 510 g/mol. The zero-order chi connectivity index (χ0) is 26.3. The number of hydrogen-bond acceptors (Lipinski definition) is 4. The highest BCUT2D eigenvalue weighted by molar-refractivity contribution is 6.24. The summed E-state index contributed by atoms with van der Waals surface area (Å²) >= 11 is 0. The lowest BCUT2D eigenvalue weighted by Gasteiger charge is -2.13. The highest BCUT2D eigenvalue weighted by atomic mass is 16.2. The van der Waals surface area contributed by atoms with E-state index in [9.17, 15) is 14.4 Å². The number of anilines is 1. The van der Waals surface area contributed by atoms with E-state index in [1.807, 2.05) is 18.2 Å². The third-order valence-electron chi connectivity index (χ3n) is 7.67. The molecule has 1 unspecified atom stereocenters. The molecule has 0 N–H and O–H groups in total. The number of nitrogens with zero attached hydrogens (tertiary/aromatic N) is 3. The lowest BCUT2D eigenvalue weighted by atomic mass is 9.98. The molecule has 6 heteroatoms. The number of rotatable bonds is 18. The molecule has 0 aliphatic carbocycles. The van der Waals surface area contributed by atoms with Gasteiger partial charge >= 0.3 is 0 Å². The maximum Gasteiger partial charge on any atom is 0.255 e. The quantitative estimate of drug-likeness (QED) is 0.150. The molecule has 2 aliphatic rings. The normalized spacial score (nSPS) is 17.8. The van der Waals surface area contributed by atoms with E-state index in [4.69, 9.17) is 0 Å². The average Bonchev–Trinajstić information content (AvgIpc) is 3.42. The molecule has 37 heavy (non-hydrogen) atoms. The Morgan fingerprint density at radius 2 is 1.22 bits per heavy atom. The molecule has 204 valence electrons. The first-order valence-electron chi connectivity index (χ1n) is 14.9. The highest BCUT2D eigenvalue weighted by Crippen LogP contribution is 2.29. The Labute approximate surface area is 223 Å². The third-order valence-corrected chi connectivity index (χ3v) is 7.67. The van der Waals surface area contributed by atoms with Crippen molar-refractivity contribution in [3.05, 3.63) is 30.3 Å². The summed E-state index contributed by atoms with van der Waals surface area (Å²) < 4.78 is 0. The Hall–Kier alpha value is -2.50. The van der Waals surface area contributed by atoms with Gasteiger partial charge in [0.1, 0.15) is 5.84 Å². The standard InChI is InChI=1S/C31H47N3O3/c1-2-3-4-5-6-7-8-9-10-11-12-13-14-15-16-18-21-26-24-29(35)33(31(26)37)28-25-30(36)34(32-28)27-22-19-17-20-23-27/h17,19-20,22-23,26H,2-16,18,21,24-25H2,1H3. The lowest BCUT2D eigenvalue weighted by molar-refractivity contribution is -0.134. The third kappa shape index (κ3) is 9.39. The van der Waals surface area contributed by atoms with E-state index in [-0.39, 0.29) is 42.3 Å². The van der Waals surface area contributed by atoms with Crippen molar-refractivity contribution in [3.8, 4) is 0 Å². The smallest absolute Gasteiger partial charge is 0.255 e. The minimum Gasteiger partial charge on any atom is -0.274 e. The Kier molecular flexibility index (Phi) is 12.9. The van der Waals surface area contributed by atoms with Gasteiger partial charge < -0.3 is 0 Å². The van der Waals surface area contributed by atoms with E-state index in [1.54, 1.807) is 12.1 Å². The molecule has 0 saturated carbocycles. The first-order valence-corrected chi connectivity index (χ1v) is 14.9. The molecule has 1 aromatic rings.